The molecule has 0 saturated heterocycles. The molecular formula is C13H22N2O5. The largest absolute Gasteiger partial charge is 0.449 e. The number of nitrogens with one attached hydrogen (secondary N) is 1. The first kappa shape index (κ1) is 17.9. The zero-order valence-electron chi connectivity index (χ0n) is 12.1. The summed E-state index contributed by atoms with van der Waals surface area (Å²) < 4.78 is 9.63. The van der Waals surface area contributed by atoms with Crippen LogP contribution in [0.25, 0.3) is 0 Å². The lowest BCUT2D eigenvalue weighted by molar-refractivity contribution is -0.104. The highest BCUT2D eigenvalue weighted by molar-refractivity contribution is 5.74. The van der Waals surface area contributed by atoms with E-state index in [2.05, 4.69) is 5.43 Å². The predicted molar refractivity (Wildman–Crippen MR) is 72.9 cm³/mol. The Balaban J connectivity index is 5.01. The van der Waals surface area contributed by atoms with E-state index in [-0.39, 0.29) is 13.2 Å². The summed E-state index contributed by atoms with van der Waals surface area (Å²) in [4.78, 5) is 33.8. The van der Waals surface area contributed by atoms with Gasteiger partial charge in [-0.25, -0.2) is 20.0 Å². The SMILES string of the molecule is CCC[C@H](/C=C/C=O)N(NC(=O)OCC)C(=O)OCC. The van der Waals surface area contributed by atoms with Gasteiger partial charge in [0.1, 0.15) is 6.29 Å². The van der Waals surface area contributed by atoms with Crippen molar-refractivity contribution in [2.45, 2.75) is 39.7 Å². The van der Waals surface area contributed by atoms with E-state index < -0.39 is 18.2 Å². The van der Waals surface area contributed by atoms with Crippen LogP contribution in [-0.4, -0.2) is 42.7 Å². The van der Waals surface area contributed by atoms with Crippen LogP contribution in [0.15, 0.2) is 12.2 Å². The van der Waals surface area contributed by atoms with Crippen molar-refractivity contribution in [1.82, 2.24) is 10.4 Å². The second-order valence-corrected chi connectivity index (χ2v) is 3.78. The van der Waals surface area contributed by atoms with E-state index in [1.54, 1.807) is 13.8 Å². The van der Waals surface area contributed by atoms with Crippen LogP contribution in [0.2, 0.25) is 0 Å². The molecule has 0 radical (unpaired) electrons. The number of amides is 2. The molecule has 0 saturated carbocycles. The molecule has 0 aromatic rings. The fourth-order valence-electron chi connectivity index (χ4n) is 1.50. The summed E-state index contributed by atoms with van der Waals surface area (Å²) in [5, 5.41) is 1.03. The summed E-state index contributed by atoms with van der Waals surface area (Å²) in [5.74, 6) is 0. The Morgan fingerprint density at radius 3 is 2.35 bits per heavy atom. The van der Waals surface area contributed by atoms with Gasteiger partial charge in [-0.1, -0.05) is 19.4 Å². The number of rotatable bonds is 7. The number of carbonyl (C=O) groups is 3. The van der Waals surface area contributed by atoms with Gasteiger partial charge >= 0.3 is 12.2 Å². The number of allylic oxidation sites excluding steroid dienone is 1. The molecule has 0 fully saturated rings. The fourth-order valence-corrected chi connectivity index (χ4v) is 1.50. The van der Waals surface area contributed by atoms with E-state index in [4.69, 9.17) is 9.47 Å². The van der Waals surface area contributed by atoms with E-state index in [0.29, 0.717) is 12.7 Å². The monoisotopic (exact) mass is 286 g/mol. The lowest BCUT2D eigenvalue weighted by Crippen LogP contribution is -2.51. The van der Waals surface area contributed by atoms with Crippen LogP contribution in [0.3, 0.4) is 0 Å². The molecule has 0 aliphatic rings. The number of aldehydes is 1. The minimum atomic E-state index is -0.749. The fraction of sp³-hybridized carbons (Fsp3) is 0.615. The average Bonchev–Trinajstić information content (AvgIpc) is 2.41. The van der Waals surface area contributed by atoms with Crippen LogP contribution in [0.4, 0.5) is 9.59 Å². The van der Waals surface area contributed by atoms with Crippen molar-refractivity contribution in [2.24, 2.45) is 0 Å². The number of carbonyl (C=O) groups excluding carboxylic acids is 3. The first-order valence-electron chi connectivity index (χ1n) is 6.61. The molecule has 0 heterocycles. The molecule has 0 aliphatic carbocycles. The number of nitrogens with zero attached hydrogens (tertiary/aromatic N) is 1. The molecule has 0 bridgehead atoms. The van der Waals surface area contributed by atoms with E-state index in [0.717, 1.165) is 11.4 Å². The molecule has 0 aromatic carbocycles. The van der Waals surface area contributed by atoms with Crippen LogP contribution >= 0.6 is 0 Å². The van der Waals surface area contributed by atoms with Crippen molar-refractivity contribution in [3.63, 3.8) is 0 Å². The van der Waals surface area contributed by atoms with Gasteiger partial charge in [-0.2, -0.15) is 0 Å². The predicted octanol–water partition coefficient (Wildman–Crippen LogP) is 2.03. The lowest BCUT2D eigenvalue weighted by Gasteiger charge is -2.28. The standard InChI is InChI=1S/C13H22N2O5/c1-4-8-11(9-7-10-16)15(13(18)20-6-3)14-12(17)19-5-2/h7,9-11H,4-6,8H2,1-3H3,(H,14,17)/b9-7+/t11-/m1/s1. The minimum absolute atomic E-state index is 0.177. The zero-order chi connectivity index (χ0) is 15.4. The minimum Gasteiger partial charge on any atom is -0.449 e. The molecule has 7 nitrogen and oxygen atoms in total. The Kier molecular flexibility index (Phi) is 9.72. The molecule has 20 heavy (non-hydrogen) atoms. The van der Waals surface area contributed by atoms with Gasteiger partial charge in [-0.05, 0) is 26.3 Å². The second kappa shape index (κ2) is 10.8. The molecule has 2 amide bonds. The Bertz CT molecular complexity index is 344. The first-order valence-corrected chi connectivity index (χ1v) is 6.61. The molecule has 0 unspecified atom stereocenters. The van der Waals surface area contributed by atoms with Crippen LogP contribution in [-0.2, 0) is 14.3 Å². The van der Waals surface area contributed by atoms with Gasteiger partial charge in [0.15, 0.2) is 0 Å². The molecular weight excluding hydrogens is 264 g/mol. The maximum Gasteiger partial charge on any atom is 0.429 e. The van der Waals surface area contributed by atoms with Crippen molar-refractivity contribution >= 4 is 18.5 Å². The summed E-state index contributed by atoms with van der Waals surface area (Å²) in [6.07, 6.45) is 3.29. The van der Waals surface area contributed by atoms with Gasteiger partial charge in [-0.15, -0.1) is 0 Å². The van der Waals surface area contributed by atoms with Crippen molar-refractivity contribution in [3.8, 4) is 0 Å². The molecule has 0 rings (SSSR count). The smallest absolute Gasteiger partial charge is 0.429 e. The van der Waals surface area contributed by atoms with Crippen molar-refractivity contribution in [2.75, 3.05) is 13.2 Å². The van der Waals surface area contributed by atoms with Gasteiger partial charge < -0.3 is 9.47 Å². The Morgan fingerprint density at radius 2 is 1.85 bits per heavy atom. The first-order chi connectivity index (χ1) is 9.60. The molecule has 114 valence electrons. The van der Waals surface area contributed by atoms with Gasteiger partial charge in [0, 0.05) is 0 Å². The highest BCUT2D eigenvalue weighted by Crippen LogP contribution is 2.09. The number of hydrogen-bond donors (Lipinski definition) is 1. The second-order valence-electron chi connectivity index (χ2n) is 3.78. The quantitative estimate of drug-likeness (QED) is 0.440. The third kappa shape index (κ3) is 6.77. The normalized spacial score (nSPS) is 11.8. The lowest BCUT2D eigenvalue weighted by atomic mass is 10.1. The van der Waals surface area contributed by atoms with E-state index >= 15 is 0 Å². The number of hydrogen-bond acceptors (Lipinski definition) is 5. The van der Waals surface area contributed by atoms with Crippen molar-refractivity contribution in [3.05, 3.63) is 12.2 Å². The Hall–Kier alpha value is -2.05. The molecule has 0 aliphatic heterocycles. The van der Waals surface area contributed by atoms with Gasteiger partial charge in [0.25, 0.3) is 0 Å². The average molecular weight is 286 g/mol. The Labute approximate surface area is 118 Å². The third-order valence-corrected chi connectivity index (χ3v) is 2.28. The Morgan fingerprint density at radius 1 is 1.20 bits per heavy atom. The topological polar surface area (TPSA) is 84.9 Å². The highest BCUT2D eigenvalue weighted by Gasteiger charge is 2.25. The summed E-state index contributed by atoms with van der Waals surface area (Å²) >= 11 is 0. The van der Waals surface area contributed by atoms with Crippen LogP contribution in [0.1, 0.15) is 33.6 Å². The van der Waals surface area contributed by atoms with E-state index in [1.807, 2.05) is 6.92 Å². The number of ether oxygens (including phenoxy) is 2. The van der Waals surface area contributed by atoms with E-state index in [9.17, 15) is 14.4 Å². The molecule has 7 heteroatoms. The maximum atomic E-state index is 11.9. The van der Waals surface area contributed by atoms with Crippen molar-refractivity contribution < 1.29 is 23.9 Å². The summed E-state index contributed by atoms with van der Waals surface area (Å²) in [6.45, 7) is 5.61. The summed E-state index contributed by atoms with van der Waals surface area (Å²) in [5.41, 5.74) is 2.33. The zero-order valence-corrected chi connectivity index (χ0v) is 12.1. The van der Waals surface area contributed by atoms with Crippen molar-refractivity contribution in [1.29, 1.82) is 0 Å². The molecule has 1 atom stereocenters. The summed E-state index contributed by atoms with van der Waals surface area (Å²) in [7, 11) is 0. The molecule has 0 spiro atoms. The van der Waals surface area contributed by atoms with Gasteiger partial charge in [0.05, 0.1) is 19.3 Å². The van der Waals surface area contributed by atoms with Crippen LogP contribution in [0, 0.1) is 0 Å². The third-order valence-electron chi connectivity index (χ3n) is 2.28. The van der Waals surface area contributed by atoms with Crippen LogP contribution < -0.4 is 5.43 Å². The molecule has 0 aromatic heterocycles. The highest BCUT2D eigenvalue weighted by atomic mass is 16.6. The number of hydrazine groups is 1. The molecule has 1 N–H and O–H groups in total. The van der Waals surface area contributed by atoms with E-state index in [1.165, 1.54) is 12.2 Å². The summed E-state index contributed by atoms with van der Waals surface area (Å²) in [6, 6.07) is -0.478. The van der Waals surface area contributed by atoms with Crippen LogP contribution in [0.5, 0.6) is 0 Å². The maximum absolute atomic E-state index is 11.9. The van der Waals surface area contributed by atoms with Gasteiger partial charge in [0.2, 0.25) is 0 Å². The van der Waals surface area contributed by atoms with Gasteiger partial charge in [-0.3, -0.25) is 4.79 Å².